The molecule has 2 heterocycles. The largest absolute Gasteiger partial charge is 0.489 e. The van der Waals surface area contributed by atoms with E-state index >= 15 is 0 Å². The first-order valence-electron chi connectivity index (χ1n) is 9.56. The van der Waals surface area contributed by atoms with E-state index in [1.165, 1.54) is 10.4 Å². The van der Waals surface area contributed by atoms with Gasteiger partial charge in [0.15, 0.2) is 0 Å². The number of amides is 3. The average molecular weight is 482 g/mol. The average Bonchev–Trinajstić information content (AvgIpc) is 3.07. The van der Waals surface area contributed by atoms with Gasteiger partial charge in [-0.15, -0.1) is 0 Å². The maximum absolute atomic E-state index is 13.1. The predicted molar refractivity (Wildman–Crippen MR) is 115 cm³/mol. The molecule has 1 aromatic heterocycles. The summed E-state index contributed by atoms with van der Waals surface area (Å²) in [6, 6.07) is 9.90. The first-order chi connectivity index (χ1) is 15.3. The number of nitrogens with one attached hydrogen (secondary N) is 2. The second-order valence-corrected chi connectivity index (χ2v) is 7.88. The van der Waals surface area contributed by atoms with E-state index in [1.54, 1.807) is 36.4 Å². The minimum Gasteiger partial charge on any atom is -0.489 e. The molecule has 0 saturated carbocycles. The zero-order chi connectivity index (χ0) is 23.3. The first-order valence-corrected chi connectivity index (χ1v) is 10.3. The summed E-state index contributed by atoms with van der Waals surface area (Å²) in [5, 5.41) is 11.9. The zero-order valence-electron chi connectivity index (χ0n) is 16.8. The number of hydrogen-bond donors (Lipinski definition) is 4. The number of halogens is 2. The summed E-state index contributed by atoms with van der Waals surface area (Å²) in [5.74, 6) is -1.21. The summed E-state index contributed by atoms with van der Waals surface area (Å²) >= 11 is 11.8. The molecule has 0 radical (unpaired) electrons. The molecule has 1 aliphatic rings. The van der Waals surface area contributed by atoms with E-state index in [9.17, 15) is 14.4 Å². The van der Waals surface area contributed by atoms with Gasteiger partial charge < -0.3 is 20.7 Å². The second kappa shape index (κ2) is 10.1. The highest BCUT2D eigenvalue weighted by molar-refractivity contribution is 6.32. The van der Waals surface area contributed by atoms with E-state index in [1.807, 2.05) is 0 Å². The normalized spacial score (nSPS) is 17.9. The fraction of sp³-hybridized carbons (Fsp3) is 0.300. The van der Waals surface area contributed by atoms with Gasteiger partial charge in [0, 0.05) is 13.0 Å². The number of hydroxylamine groups is 1. The highest BCUT2D eigenvalue weighted by Crippen LogP contribution is 2.34. The Balaban J connectivity index is 1.79. The minimum absolute atomic E-state index is 0.194. The van der Waals surface area contributed by atoms with Crippen molar-refractivity contribution in [2.24, 2.45) is 5.73 Å². The van der Waals surface area contributed by atoms with E-state index < -0.39 is 23.3 Å². The van der Waals surface area contributed by atoms with Crippen LogP contribution < -0.4 is 21.3 Å². The van der Waals surface area contributed by atoms with Crippen LogP contribution >= 0.6 is 23.2 Å². The van der Waals surface area contributed by atoms with Gasteiger partial charge in [-0.1, -0.05) is 35.3 Å². The summed E-state index contributed by atoms with van der Waals surface area (Å²) in [4.78, 5) is 41.9. The molecule has 12 heteroatoms. The topological polar surface area (TPSA) is 147 Å². The molecule has 0 bridgehead atoms. The molecular weight excluding hydrogens is 461 g/mol. The molecule has 10 nitrogen and oxygen atoms in total. The second-order valence-electron chi connectivity index (χ2n) is 7.10. The van der Waals surface area contributed by atoms with Crippen LogP contribution in [0.2, 0.25) is 10.3 Å². The van der Waals surface area contributed by atoms with Gasteiger partial charge in [0.05, 0.1) is 6.54 Å². The molecule has 170 valence electrons. The van der Waals surface area contributed by atoms with E-state index in [-0.39, 0.29) is 43.0 Å². The number of carbonyl (C=O) groups is 3. The summed E-state index contributed by atoms with van der Waals surface area (Å²) in [7, 11) is 0. The number of benzene rings is 1. The Morgan fingerprint density at radius 3 is 2.44 bits per heavy atom. The molecule has 1 aromatic carbocycles. The Kier molecular flexibility index (Phi) is 7.52. The van der Waals surface area contributed by atoms with Crippen LogP contribution in [-0.4, -0.2) is 52.4 Å². The molecule has 32 heavy (non-hydrogen) atoms. The highest BCUT2D eigenvalue weighted by Gasteiger charge is 2.49. The number of nitrogens with zero attached hydrogens (tertiary/aromatic N) is 2. The van der Waals surface area contributed by atoms with Crippen LogP contribution in [0.25, 0.3) is 0 Å². The molecule has 1 atom stereocenters. The van der Waals surface area contributed by atoms with Crippen LogP contribution in [0.3, 0.4) is 0 Å². The summed E-state index contributed by atoms with van der Waals surface area (Å²) < 4.78 is 5.74. The third-order valence-corrected chi connectivity index (χ3v) is 5.37. The number of aromatic nitrogens is 1. The van der Waals surface area contributed by atoms with Crippen LogP contribution in [-0.2, 0) is 26.5 Å². The number of nitrogens with two attached hydrogens (primary N) is 1. The summed E-state index contributed by atoms with van der Waals surface area (Å²) in [5.41, 5.74) is 6.79. The van der Waals surface area contributed by atoms with Gasteiger partial charge in [0.2, 0.25) is 5.91 Å². The van der Waals surface area contributed by atoms with Crippen LogP contribution in [0.4, 0.5) is 0 Å². The van der Waals surface area contributed by atoms with E-state index in [0.717, 1.165) is 5.56 Å². The molecule has 2 aromatic rings. The standard InChI is InChI=1S/C20H21Cl2N5O5/c21-15-7-12(8-16(22)24-15)11-32-14-3-1-13(2-4-14)20(25-17(28)9-23)5-6-27(19(20)30)10-18(29)26-31/h1-4,7-8,31H,5-6,9-11,23H2,(H,25,28)(H,26,29). The van der Waals surface area contributed by atoms with Gasteiger partial charge in [-0.25, -0.2) is 10.5 Å². The Bertz CT molecular complexity index is 1000. The smallest absolute Gasteiger partial charge is 0.262 e. The van der Waals surface area contributed by atoms with Gasteiger partial charge in [0.25, 0.3) is 11.8 Å². The molecular formula is C20H21Cl2N5O5. The highest BCUT2D eigenvalue weighted by atomic mass is 35.5. The van der Waals surface area contributed by atoms with Crippen molar-refractivity contribution >= 4 is 40.9 Å². The van der Waals surface area contributed by atoms with Gasteiger partial charge in [-0.05, 0) is 35.4 Å². The van der Waals surface area contributed by atoms with Crippen molar-refractivity contribution in [3.8, 4) is 5.75 Å². The lowest BCUT2D eigenvalue weighted by Crippen LogP contribution is -2.53. The molecule has 1 saturated heterocycles. The summed E-state index contributed by atoms with van der Waals surface area (Å²) in [6.07, 6.45) is 0.227. The van der Waals surface area contributed by atoms with Crippen molar-refractivity contribution < 1.29 is 24.3 Å². The van der Waals surface area contributed by atoms with Crippen LogP contribution in [0.15, 0.2) is 36.4 Å². The number of carbonyl (C=O) groups excluding carboxylic acids is 3. The maximum atomic E-state index is 13.1. The third kappa shape index (κ3) is 5.28. The summed E-state index contributed by atoms with van der Waals surface area (Å²) in [6.45, 7) is -0.240. The molecule has 1 aliphatic heterocycles. The van der Waals surface area contributed by atoms with E-state index in [0.29, 0.717) is 11.3 Å². The van der Waals surface area contributed by atoms with Crippen LogP contribution in [0.1, 0.15) is 17.5 Å². The number of ether oxygens (including phenoxy) is 1. The number of hydrogen-bond acceptors (Lipinski definition) is 7. The van der Waals surface area contributed by atoms with Gasteiger partial charge in [-0.2, -0.15) is 0 Å². The van der Waals surface area contributed by atoms with Crippen molar-refractivity contribution in [3.05, 3.63) is 57.8 Å². The number of likely N-dealkylation sites (tertiary alicyclic amines) is 1. The fourth-order valence-electron chi connectivity index (χ4n) is 3.49. The lowest BCUT2D eigenvalue weighted by atomic mass is 9.88. The third-order valence-electron chi connectivity index (χ3n) is 4.98. The van der Waals surface area contributed by atoms with Crippen LogP contribution in [0.5, 0.6) is 5.75 Å². The Morgan fingerprint density at radius 1 is 1.19 bits per heavy atom. The van der Waals surface area contributed by atoms with Gasteiger partial charge in [-0.3, -0.25) is 19.6 Å². The van der Waals surface area contributed by atoms with Crippen molar-refractivity contribution in [2.45, 2.75) is 18.6 Å². The molecule has 0 spiro atoms. The number of rotatable bonds is 8. The molecule has 3 amide bonds. The van der Waals surface area contributed by atoms with E-state index in [4.69, 9.17) is 38.9 Å². The van der Waals surface area contributed by atoms with Crippen molar-refractivity contribution in [1.29, 1.82) is 0 Å². The van der Waals surface area contributed by atoms with E-state index in [2.05, 4.69) is 10.3 Å². The molecule has 1 unspecified atom stereocenters. The lowest BCUT2D eigenvalue weighted by Gasteiger charge is -2.29. The SMILES string of the molecule is NCC(=O)NC1(c2ccc(OCc3cc(Cl)nc(Cl)c3)cc2)CCN(CC(=O)NO)C1=O. The number of pyridine rings is 1. The van der Waals surface area contributed by atoms with Gasteiger partial charge >= 0.3 is 0 Å². The molecule has 3 rings (SSSR count). The zero-order valence-corrected chi connectivity index (χ0v) is 18.3. The lowest BCUT2D eigenvalue weighted by molar-refractivity contribution is -0.141. The van der Waals surface area contributed by atoms with Crippen molar-refractivity contribution in [3.63, 3.8) is 0 Å². The quantitative estimate of drug-likeness (QED) is 0.249. The van der Waals surface area contributed by atoms with Crippen molar-refractivity contribution in [1.82, 2.24) is 20.7 Å². The predicted octanol–water partition coefficient (Wildman–Crippen LogP) is 0.975. The van der Waals surface area contributed by atoms with Crippen LogP contribution in [0, 0.1) is 0 Å². The van der Waals surface area contributed by atoms with Gasteiger partial charge in [0.1, 0.15) is 34.7 Å². The minimum atomic E-state index is -1.38. The fourth-order valence-corrected chi connectivity index (χ4v) is 3.99. The Labute approximate surface area is 193 Å². The van der Waals surface area contributed by atoms with Crippen molar-refractivity contribution in [2.75, 3.05) is 19.6 Å². The molecule has 5 N–H and O–H groups in total. The molecule has 1 fully saturated rings. The molecule has 0 aliphatic carbocycles. The Hall–Kier alpha value is -2.92. The first kappa shape index (κ1) is 23.7. The maximum Gasteiger partial charge on any atom is 0.262 e. The monoisotopic (exact) mass is 481 g/mol. The Morgan fingerprint density at radius 2 is 1.84 bits per heavy atom.